The molecule has 1 aliphatic rings. The van der Waals surface area contributed by atoms with Gasteiger partial charge < -0.3 is 14.8 Å². The lowest BCUT2D eigenvalue weighted by molar-refractivity contribution is -0.118. The molecule has 0 spiro atoms. The van der Waals surface area contributed by atoms with Crippen LogP contribution in [-0.2, 0) is 17.6 Å². The average molecular weight is 312 g/mol. The number of carbonyl (C=O) groups is 1. The molecule has 0 saturated carbocycles. The zero-order chi connectivity index (χ0) is 16.1. The van der Waals surface area contributed by atoms with Crippen LogP contribution in [0.15, 0.2) is 36.5 Å². The van der Waals surface area contributed by atoms with Crippen LogP contribution in [0.2, 0.25) is 0 Å². The van der Waals surface area contributed by atoms with Gasteiger partial charge in [-0.3, -0.25) is 9.78 Å². The summed E-state index contributed by atoms with van der Waals surface area (Å²) in [5.41, 5.74) is 2.88. The summed E-state index contributed by atoms with van der Waals surface area (Å²) in [6.07, 6.45) is 6.00. The van der Waals surface area contributed by atoms with Crippen LogP contribution in [0.4, 0.5) is 5.69 Å². The highest BCUT2D eigenvalue weighted by Crippen LogP contribution is 2.28. The number of fused-ring (bicyclic) bond motifs is 1. The summed E-state index contributed by atoms with van der Waals surface area (Å²) in [4.78, 5) is 16.5. The highest BCUT2D eigenvalue weighted by Gasteiger charge is 2.16. The lowest BCUT2D eigenvalue weighted by atomic mass is 9.95. The Morgan fingerprint density at radius 2 is 2.00 bits per heavy atom. The second-order valence-corrected chi connectivity index (χ2v) is 5.48. The number of ether oxygens (including phenoxy) is 2. The Hall–Kier alpha value is -2.56. The molecule has 1 aromatic carbocycles. The molecule has 0 saturated heterocycles. The zero-order valence-electron chi connectivity index (χ0n) is 13.2. The number of rotatable bonds is 5. The minimum Gasteiger partial charge on any atom is -0.495 e. The third kappa shape index (κ3) is 3.62. The maximum absolute atomic E-state index is 12.1. The minimum absolute atomic E-state index is 0.0332. The SMILES string of the molecule is COc1ccccc1NC(=O)COc1ccnc2c1CCCC2. The highest BCUT2D eigenvalue weighted by atomic mass is 16.5. The van der Waals surface area contributed by atoms with Crippen LogP contribution >= 0.6 is 0 Å². The number of methoxy groups -OCH3 is 1. The monoisotopic (exact) mass is 312 g/mol. The van der Waals surface area contributed by atoms with Gasteiger partial charge in [-0.15, -0.1) is 0 Å². The van der Waals surface area contributed by atoms with Crippen molar-refractivity contribution in [2.24, 2.45) is 0 Å². The number of carbonyl (C=O) groups excluding carboxylic acids is 1. The van der Waals surface area contributed by atoms with E-state index in [1.807, 2.05) is 18.2 Å². The van der Waals surface area contributed by atoms with Crippen molar-refractivity contribution in [1.29, 1.82) is 0 Å². The first-order chi connectivity index (χ1) is 11.3. The van der Waals surface area contributed by atoms with E-state index in [0.29, 0.717) is 11.4 Å². The van der Waals surface area contributed by atoms with Crippen molar-refractivity contribution >= 4 is 11.6 Å². The molecule has 120 valence electrons. The summed E-state index contributed by atoms with van der Waals surface area (Å²) in [6.45, 7) is -0.0332. The van der Waals surface area contributed by atoms with Gasteiger partial charge in [-0.2, -0.15) is 0 Å². The van der Waals surface area contributed by atoms with Crippen molar-refractivity contribution in [3.05, 3.63) is 47.8 Å². The normalized spacial score (nSPS) is 13.1. The first-order valence-electron chi connectivity index (χ1n) is 7.80. The summed E-state index contributed by atoms with van der Waals surface area (Å²) in [7, 11) is 1.57. The number of nitrogens with one attached hydrogen (secondary N) is 1. The van der Waals surface area contributed by atoms with E-state index >= 15 is 0 Å². The first-order valence-corrected chi connectivity index (χ1v) is 7.80. The molecule has 1 aliphatic carbocycles. The molecular formula is C18H20N2O3. The van der Waals surface area contributed by atoms with Crippen molar-refractivity contribution in [3.63, 3.8) is 0 Å². The van der Waals surface area contributed by atoms with Crippen LogP contribution in [0, 0.1) is 0 Å². The first kappa shape index (κ1) is 15.3. The molecule has 5 heteroatoms. The lowest BCUT2D eigenvalue weighted by Crippen LogP contribution is -2.21. The Labute approximate surface area is 135 Å². The Morgan fingerprint density at radius 1 is 1.17 bits per heavy atom. The molecule has 2 aromatic rings. The van der Waals surface area contributed by atoms with Crippen LogP contribution in [0.1, 0.15) is 24.1 Å². The van der Waals surface area contributed by atoms with Gasteiger partial charge in [0.25, 0.3) is 5.91 Å². The molecule has 0 radical (unpaired) electrons. The summed E-state index contributed by atoms with van der Waals surface area (Å²) >= 11 is 0. The van der Waals surface area contributed by atoms with Gasteiger partial charge in [0.1, 0.15) is 11.5 Å². The van der Waals surface area contributed by atoms with Crippen LogP contribution in [0.5, 0.6) is 11.5 Å². The number of pyridine rings is 1. The minimum atomic E-state index is -0.212. The van der Waals surface area contributed by atoms with Crippen LogP contribution in [0.3, 0.4) is 0 Å². The molecular weight excluding hydrogens is 292 g/mol. The quantitative estimate of drug-likeness (QED) is 0.922. The van der Waals surface area contributed by atoms with Crippen LogP contribution < -0.4 is 14.8 Å². The molecule has 5 nitrogen and oxygen atoms in total. The molecule has 0 atom stereocenters. The van der Waals surface area contributed by atoms with E-state index in [2.05, 4.69) is 10.3 Å². The van der Waals surface area contributed by atoms with E-state index in [4.69, 9.17) is 9.47 Å². The Balaban J connectivity index is 1.63. The fourth-order valence-corrected chi connectivity index (χ4v) is 2.81. The number of amides is 1. The van der Waals surface area contributed by atoms with E-state index in [1.165, 1.54) is 0 Å². The van der Waals surface area contributed by atoms with E-state index in [0.717, 1.165) is 42.7 Å². The van der Waals surface area contributed by atoms with Gasteiger partial charge >= 0.3 is 0 Å². The van der Waals surface area contributed by atoms with Gasteiger partial charge in [0.15, 0.2) is 6.61 Å². The topological polar surface area (TPSA) is 60.5 Å². The average Bonchev–Trinajstić information content (AvgIpc) is 2.60. The third-order valence-corrected chi connectivity index (χ3v) is 3.93. The molecule has 23 heavy (non-hydrogen) atoms. The number of anilines is 1. The van der Waals surface area contributed by atoms with Crippen molar-refractivity contribution in [3.8, 4) is 11.5 Å². The second kappa shape index (κ2) is 7.13. The van der Waals surface area contributed by atoms with Gasteiger partial charge in [-0.1, -0.05) is 12.1 Å². The molecule has 3 rings (SSSR count). The maximum atomic E-state index is 12.1. The Bertz CT molecular complexity index is 700. The fraction of sp³-hybridized carbons (Fsp3) is 0.333. The third-order valence-electron chi connectivity index (χ3n) is 3.93. The number of nitrogens with zero attached hydrogens (tertiary/aromatic N) is 1. The van der Waals surface area contributed by atoms with Gasteiger partial charge in [0, 0.05) is 17.5 Å². The summed E-state index contributed by atoms with van der Waals surface area (Å²) < 4.78 is 10.9. The molecule has 0 fully saturated rings. The summed E-state index contributed by atoms with van der Waals surface area (Å²) in [5.74, 6) is 1.18. The standard InChI is InChI=1S/C18H20N2O3/c1-22-17-9-5-4-8-15(17)20-18(21)12-23-16-10-11-19-14-7-3-2-6-13(14)16/h4-5,8-11H,2-3,6-7,12H2,1H3,(H,20,21). The molecule has 0 unspecified atom stereocenters. The van der Waals surface area contributed by atoms with E-state index in [1.54, 1.807) is 25.4 Å². The smallest absolute Gasteiger partial charge is 0.262 e. The lowest BCUT2D eigenvalue weighted by Gasteiger charge is -2.18. The number of aromatic nitrogens is 1. The predicted molar refractivity (Wildman–Crippen MR) is 88.0 cm³/mol. The largest absolute Gasteiger partial charge is 0.495 e. The number of para-hydroxylation sites is 2. The van der Waals surface area contributed by atoms with E-state index < -0.39 is 0 Å². The summed E-state index contributed by atoms with van der Waals surface area (Å²) in [5, 5.41) is 2.81. The van der Waals surface area contributed by atoms with Gasteiger partial charge in [0.05, 0.1) is 12.8 Å². The van der Waals surface area contributed by atoms with Gasteiger partial charge in [0.2, 0.25) is 0 Å². The molecule has 0 bridgehead atoms. The van der Waals surface area contributed by atoms with Crippen LogP contribution in [0.25, 0.3) is 0 Å². The number of hydrogen-bond acceptors (Lipinski definition) is 4. The summed E-state index contributed by atoms with van der Waals surface area (Å²) in [6, 6.07) is 9.13. The Kier molecular flexibility index (Phi) is 4.76. The highest BCUT2D eigenvalue weighted by molar-refractivity contribution is 5.93. The van der Waals surface area contributed by atoms with E-state index in [9.17, 15) is 4.79 Å². The fourth-order valence-electron chi connectivity index (χ4n) is 2.81. The predicted octanol–water partition coefficient (Wildman–Crippen LogP) is 2.99. The molecule has 1 amide bonds. The number of benzene rings is 1. The van der Waals surface area contributed by atoms with Gasteiger partial charge in [-0.25, -0.2) is 0 Å². The zero-order valence-corrected chi connectivity index (χ0v) is 13.2. The van der Waals surface area contributed by atoms with Crippen LogP contribution in [-0.4, -0.2) is 24.6 Å². The number of aryl methyl sites for hydroxylation is 1. The van der Waals surface area contributed by atoms with E-state index in [-0.39, 0.29) is 12.5 Å². The molecule has 0 aliphatic heterocycles. The molecule has 1 heterocycles. The Morgan fingerprint density at radius 3 is 2.87 bits per heavy atom. The van der Waals surface area contributed by atoms with Gasteiger partial charge in [-0.05, 0) is 43.9 Å². The van der Waals surface area contributed by atoms with Crippen molar-refractivity contribution in [2.75, 3.05) is 19.0 Å². The van der Waals surface area contributed by atoms with Crippen molar-refractivity contribution in [1.82, 2.24) is 4.98 Å². The maximum Gasteiger partial charge on any atom is 0.262 e. The second-order valence-electron chi connectivity index (χ2n) is 5.48. The molecule has 1 N–H and O–H groups in total. The van der Waals surface area contributed by atoms with Crippen molar-refractivity contribution < 1.29 is 14.3 Å². The van der Waals surface area contributed by atoms with Crippen molar-refractivity contribution in [2.45, 2.75) is 25.7 Å². The number of hydrogen-bond donors (Lipinski definition) is 1. The molecule has 1 aromatic heterocycles.